The molecule has 0 saturated heterocycles. The van der Waals surface area contributed by atoms with Gasteiger partial charge in [0, 0.05) is 23.5 Å². The van der Waals surface area contributed by atoms with Gasteiger partial charge >= 0.3 is 6.18 Å². The highest BCUT2D eigenvalue weighted by Gasteiger charge is 2.38. The molecule has 1 heterocycles. The van der Waals surface area contributed by atoms with Gasteiger partial charge in [-0.05, 0) is 23.3 Å². The van der Waals surface area contributed by atoms with Crippen LogP contribution in [-0.4, -0.2) is 24.2 Å². The van der Waals surface area contributed by atoms with Crippen LogP contribution in [0.2, 0.25) is 0 Å². The molecule has 0 radical (unpaired) electrons. The number of thiol groups is 1. The van der Waals surface area contributed by atoms with Gasteiger partial charge in [-0.1, -0.05) is 12.1 Å². The van der Waals surface area contributed by atoms with E-state index in [4.69, 9.17) is 0 Å². The number of nitrogens with zero attached hydrogens (tertiary/aromatic N) is 2. The van der Waals surface area contributed by atoms with Crippen molar-refractivity contribution in [3.8, 4) is 11.1 Å². The fourth-order valence-electron chi connectivity index (χ4n) is 2.30. The van der Waals surface area contributed by atoms with Crippen LogP contribution in [0.4, 0.5) is 13.2 Å². The summed E-state index contributed by atoms with van der Waals surface area (Å²) in [6.07, 6.45) is -1.18. The highest BCUT2D eigenvalue weighted by molar-refractivity contribution is 7.70. The average Bonchev–Trinajstić information content (AvgIpc) is 2.79. The predicted molar refractivity (Wildman–Crippen MR) is 78.4 cm³/mol. The van der Waals surface area contributed by atoms with Crippen LogP contribution in [0.5, 0.6) is 0 Å². The molecule has 0 fully saturated rings. The summed E-state index contributed by atoms with van der Waals surface area (Å²) in [5.41, 5.74) is 1.06. The van der Waals surface area contributed by atoms with Gasteiger partial charge in [-0.25, -0.2) is 18.4 Å². The Labute approximate surface area is 135 Å². The van der Waals surface area contributed by atoms with E-state index in [1.165, 1.54) is 18.3 Å². The fourth-order valence-corrected chi connectivity index (χ4v) is 2.50. The maximum absolute atomic E-state index is 12.7. The quantitative estimate of drug-likeness (QED) is 0.700. The Kier molecular flexibility index (Phi) is 3.84. The Morgan fingerprint density at radius 3 is 2.54 bits per heavy atom. The number of alkyl halides is 3. The number of fused-ring (bicyclic) bond motifs is 3. The van der Waals surface area contributed by atoms with Crippen LogP contribution in [-0.2, 0) is 17.1 Å². The smallest absolute Gasteiger partial charge is 0.293 e. The number of carbonyl (C=O) groups is 1. The van der Waals surface area contributed by atoms with E-state index in [0.29, 0.717) is 11.1 Å². The third-order valence-corrected chi connectivity index (χ3v) is 3.65. The Bertz CT molecular complexity index is 944. The Morgan fingerprint density at radius 1 is 1.12 bits per heavy atom. The van der Waals surface area contributed by atoms with Gasteiger partial charge in [0.25, 0.3) is 0 Å². The number of aromatic nitrogens is 2. The van der Waals surface area contributed by atoms with Gasteiger partial charge in [0.1, 0.15) is 5.69 Å². The van der Waals surface area contributed by atoms with Crippen molar-refractivity contribution in [2.45, 2.75) is 6.18 Å². The number of ketones is 1. The lowest BCUT2D eigenvalue weighted by atomic mass is 10.0. The molecule has 3 rings (SSSR count). The van der Waals surface area contributed by atoms with Crippen molar-refractivity contribution in [1.29, 1.82) is 0 Å². The first kappa shape index (κ1) is 16.1. The predicted octanol–water partition coefficient (Wildman–Crippen LogP) is 1.79. The second-order valence-corrected chi connectivity index (χ2v) is 5.58. The molecule has 0 aliphatic heterocycles. The minimum Gasteiger partial charge on any atom is -0.293 e. The lowest BCUT2D eigenvalue weighted by Gasteiger charge is -2.05. The maximum atomic E-state index is 12.7. The molecule has 124 valence electrons. The van der Waals surface area contributed by atoms with E-state index in [-0.39, 0.29) is 16.8 Å². The Balaban J connectivity index is 2.00. The molecule has 1 aliphatic rings. The lowest BCUT2D eigenvalue weighted by molar-refractivity contribution is -0.145. The van der Waals surface area contributed by atoms with E-state index in [9.17, 15) is 26.4 Å². The highest BCUT2D eigenvalue weighted by Crippen LogP contribution is 2.37. The van der Waals surface area contributed by atoms with Gasteiger partial charge in [0.15, 0.2) is 0 Å². The largest absolute Gasteiger partial charge is 0.451 e. The van der Waals surface area contributed by atoms with Crippen LogP contribution < -0.4 is 4.72 Å². The molecular weight excluding hydrogens is 347 g/mol. The second-order valence-electron chi connectivity index (χ2n) is 4.81. The first-order valence-electron chi connectivity index (χ1n) is 6.48. The van der Waals surface area contributed by atoms with Crippen molar-refractivity contribution in [1.82, 2.24) is 14.7 Å². The van der Waals surface area contributed by atoms with Crippen LogP contribution in [0.3, 0.4) is 0 Å². The maximum Gasteiger partial charge on any atom is 0.451 e. The minimum absolute atomic E-state index is 0.187. The van der Waals surface area contributed by atoms with Gasteiger partial charge in [-0.3, -0.25) is 9.52 Å². The normalized spacial score (nSPS) is 13.4. The van der Waals surface area contributed by atoms with E-state index >= 15 is 0 Å². The van der Waals surface area contributed by atoms with E-state index in [2.05, 4.69) is 14.7 Å². The molecule has 1 aromatic heterocycles. The second kappa shape index (κ2) is 5.71. The summed E-state index contributed by atoms with van der Waals surface area (Å²) in [5.74, 6) is -2.00. The summed E-state index contributed by atoms with van der Waals surface area (Å²) in [5, 5.41) is 0. The number of carbonyl (C=O) groups excluding carboxylic acids is 1. The molecule has 1 N–H and O–H groups in total. The molecule has 24 heavy (non-hydrogen) atoms. The molecular formula is C14H8F3N3O3S. The zero-order valence-electron chi connectivity index (χ0n) is 11.7. The van der Waals surface area contributed by atoms with E-state index < -0.39 is 28.7 Å². The molecule has 0 spiro atoms. The van der Waals surface area contributed by atoms with Crippen molar-refractivity contribution >= 4 is 22.7 Å². The standard InChI is InChI=1S/C14H8F3N3O3S/c15-14(16,17)13-18-6-10-8-2-1-7(3-4-19-24(22)23)5-9(8)12(21)11(10)20-13/h1-6,24H,(H,19,22,23). The van der Waals surface area contributed by atoms with Crippen LogP contribution >= 0.6 is 0 Å². The molecule has 1 aliphatic carbocycles. The van der Waals surface area contributed by atoms with E-state index in [1.807, 2.05) is 0 Å². The van der Waals surface area contributed by atoms with Gasteiger partial charge in [-0.2, -0.15) is 13.2 Å². The Hall–Kier alpha value is -2.75. The molecule has 0 bridgehead atoms. The SMILES string of the molecule is O=C1c2cc(C=CN[SH](=O)=O)ccc2-c2cnc(C(F)(F)F)nc21. The average molecular weight is 355 g/mol. The van der Waals surface area contributed by atoms with E-state index in [0.717, 1.165) is 6.20 Å². The summed E-state index contributed by atoms with van der Waals surface area (Å²) < 4.78 is 60.9. The fraction of sp³-hybridized carbons (Fsp3) is 0.0714. The van der Waals surface area contributed by atoms with Crippen molar-refractivity contribution in [3.05, 3.63) is 53.2 Å². The molecule has 0 saturated carbocycles. The molecule has 6 nitrogen and oxygen atoms in total. The van der Waals surface area contributed by atoms with E-state index in [1.54, 1.807) is 12.1 Å². The summed E-state index contributed by atoms with van der Waals surface area (Å²) >= 11 is 0. The van der Waals surface area contributed by atoms with Crippen molar-refractivity contribution in [2.24, 2.45) is 0 Å². The molecule has 0 amide bonds. The number of hydrogen-bond donors (Lipinski definition) is 2. The summed E-state index contributed by atoms with van der Waals surface area (Å²) in [4.78, 5) is 18.9. The number of benzene rings is 1. The number of hydrogen-bond acceptors (Lipinski definition) is 5. The van der Waals surface area contributed by atoms with Crippen LogP contribution in [0.15, 0.2) is 30.6 Å². The zero-order valence-corrected chi connectivity index (χ0v) is 12.6. The zero-order chi connectivity index (χ0) is 17.5. The highest BCUT2D eigenvalue weighted by atomic mass is 32.2. The van der Waals surface area contributed by atoms with Gasteiger partial charge in [0.2, 0.25) is 22.5 Å². The van der Waals surface area contributed by atoms with Crippen molar-refractivity contribution in [3.63, 3.8) is 0 Å². The summed E-state index contributed by atoms with van der Waals surface area (Å²) in [6.45, 7) is 0. The van der Waals surface area contributed by atoms with Gasteiger partial charge in [0.05, 0.1) is 0 Å². The van der Waals surface area contributed by atoms with Crippen LogP contribution in [0.1, 0.15) is 27.4 Å². The summed E-state index contributed by atoms with van der Waals surface area (Å²) in [6, 6.07) is 4.59. The van der Waals surface area contributed by atoms with Crippen molar-refractivity contribution < 1.29 is 26.4 Å². The van der Waals surface area contributed by atoms with Crippen molar-refractivity contribution in [2.75, 3.05) is 0 Å². The first-order chi connectivity index (χ1) is 11.3. The molecule has 0 unspecified atom stereocenters. The first-order valence-corrected chi connectivity index (χ1v) is 7.65. The minimum atomic E-state index is -4.74. The van der Waals surface area contributed by atoms with Gasteiger partial charge in [-0.15, -0.1) is 0 Å². The topological polar surface area (TPSA) is 89.0 Å². The lowest BCUT2D eigenvalue weighted by Crippen LogP contribution is -2.13. The molecule has 0 atom stereocenters. The Morgan fingerprint density at radius 2 is 1.88 bits per heavy atom. The number of rotatable bonds is 3. The third-order valence-electron chi connectivity index (χ3n) is 3.29. The monoisotopic (exact) mass is 355 g/mol. The molecule has 1 aromatic carbocycles. The third kappa shape index (κ3) is 2.87. The number of halogens is 3. The van der Waals surface area contributed by atoms with Crippen LogP contribution in [0, 0.1) is 0 Å². The van der Waals surface area contributed by atoms with Crippen LogP contribution in [0.25, 0.3) is 17.2 Å². The molecule has 2 aromatic rings. The van der Waals surface area contributed by atoms with Gasteiger partial charge < -0.3 is 0 Å². The number of nitrogens with one attached hydrogen (secondary N) is 1. The molecule has 10 heteroatoms. The summed E-state index contributed by atoms with van der Waals surface area (Å²) in [7, 11) is -2.79.